The number of carbonyl (C=O) groups excluding carboxylic acids is 1. The number of amides is 1. The second-order valence-corrected chi connectivity index (χ2v) is 5.71. The van der Waals surface area contributed by atoms with Gasteiger partial charge in [0.15, 0.2) is 0 Å². The van der Waals surface area contributed by atoms with Crippen molar-refractivity contribution in [1.82, 2.24) is 20.9 Å². The summed E-state index contributed by atoms with van der Waals surface area (Å²) in [6, 6.07) is 9.54. The molecule has 0 atom stereocenters. The van der Waals surface area contributed by atoms with Crippen LogP contribution in [0.1, 0.15) is 5.56 Å². The third kappa shape index (κ3) is 6.10. The normalized spacial score (nSPS) is 15.3. The van der Waals surface area contributed by atoms with Crippen LogP contribution < -0.4 is 20.7 Å². The zero-order valence-electron chi connectivity index (χ0n) is 14.5. The lowest BCUT2D eigenvalue weighted by molar-refractivity contribution is -0.117. The van der Waals surface area contributed by atoms with Crippen molar-refractivity contribution in [1.29, 1.82) is 5.26 Å². The first-order valence-electron chi connectivity index (χ1n) is 8.41. The molecule has 1 aromatic carbocycles. The predicted octanol–water partition coefficient (Wildman–Crippen LogP) is 0.214. The van der Waals surface area contributed by atoms with Gasteiger partial charge in [0.05, 0.1) is 7.11 Å². The molecule has 134 valence electrons. The van der Waals surface area contributed by atoms with Gasteiger partial charge in [-0.25, -0.2) is 0 Å². The number of methoxy groups -OCH3 is 1. The van der Waals surface area contributed by atoms with Crippen molar-refractivity contribution < 1.29 is 9.53 Å². The van der Waals surface area contributed by atoms with Crippen molar-refractivity contribution in [2.45, 2.75) is 6.54 Å². The second-order valence-electron chi connectivity index (χ2n) is 5.71. The summed E-state index contributed by atoms with van der Waals surface area (Å²) in [5.41, 5.74) is 1.02. The van der Waals surface area contributed by atoms with E-state index < -0.39 is 0 Å². The Morgan fingerprint density at radius 2 is 2.16 bits per heavy atom. The van der Waals surface area contributed by atoms with Crippen LogP contribution in [0.4, 0.5) is 0 Å². The standard InChI is InChI=1S/C18H25N5O2/c1-25-17-5-3-2-4-15(17)13-21-14-16(12-19)18(24)22-8-11-23-9-6-20-7-10-23/h2-5,14,20-21H,6-11,13H2,1H3,(H,22,24)/b16-14-. The molecule has 0 bridgehead atoms. The van der Waals surface area contributed by atoms with E-state index in [0.717, 1.165) is 44.0 Å². The van der Waals surface area contributed by atoms with Gasteiger partial charge in [0, 0.05) is 57.6 Å². The topological polar surface area (TPSA) is 89.4 Å². The summed E-state index contributed by atoms with van der Waals surface area (Å²) in [5.74, 6) is 0.410. The molecule has 0 saturated carbocycles. The highest BCUT2D eigenvalue weighted by Crippen LogP contribution is 2.16. The van der Waals surface area contributed by atoms with Gasteiger partial charge in [-0.05, 0) is 6.07 Å². The maximum absolute atomic E-state index is 12.1. The first-order valence-corrected chi connectivity index (χ1v) is 8.41. The molecule has 0 spiro atoms. The molecule has 1 heterocycles. The lowest BCUT2D eigenvalue weighted by atomic mass is 10.2. The van der Waals surface area contributed by atoms with Crippen molar-refractivity contribution in [2.75, 3.05) is 46.4 Å². The van der Waals surface area contributed by atoms with Crippen LogP contribution >= 0.6 is 0 Å². The largest absolute Gasteiger partial charge is 0.496 e. The highest BCUT2D eigenvalue weighted by atomic mass is 16.5. The molecule has 0 radical (unpaired) electrons. The minimum Gasteiger partial charge on any atom is -0.496 e. The zero-order valence-corrected chi connectivity index (χ0v) is 14.5. The monoisotopic (exact) mass is 343 g/mol. The summed E-state index contributed by atoms with van der Waals surface area (Å²) in [7, 11) is 1.61. The third-order valence-electron chi connectivity index (χ3n) is 4.02. The molecule has 25 heavy (non-hydrogen) atoms. The Kier molecular flexibility index (Phi) is 7.76. The van der Waals surface area contributed by atoms with Crippen LogP contribution in [-0.4, -0.2) is 57.2 Å². The molecule has 1 aliphatic rings. The predicted molar refractivity (Wildman–Crippen MR) is 95.8 cm³/mol. The lowest BCUT2D eigenvalue weighted by Crippen LogP contribution is -2.46. The highest BCUT2D eigenvalue weighted by Gasteiger charge is 2.11. The Morgan fingerprint density at radius 1 is 1.40 bits per heavy atom. The number of hydrogen-bond acceptors (Lipinski definition) is 6. The maximum Gasteiger partial charge on any atom is 0.263 e. The van der Waals surface area contributed by atoms with Gasteiger partial charge in [-0.15, -0.1) is 0 Å². The molecule has 0 aliphatic carbocycles. The summed E-state index contributed by atoms with van der Waals surface area (Å²) >= 11 is 0. The van der Waals surface area contributed by atoms with Crippen LogP contribution in [0.25, 0.3) is 0 Å². The van der Waals surface area contributed by atoms with Crippen LogP contribution in [0, 0.1) is 11.3 Å². The minimum atomic E-state index is -0.356. The lowest BCUT2D eigenvalue weighted by Gasteiger charge is -2.27. The van der Waals surface area contributed by atoms with E-state index in [9.17, 15) is 10.1 Å². The summed E-state index contributed by atoms with van der Waals surface area (Å²) in [6.45, 7) is 5.72. The third-order valence-corrected chi connectivity index (χ3v) is 4.02. The van der Waals surface area contributed by atoms with Crippen molar-refractivity contribution in [3.05, 3.63) is 41.6 Å². The van der Waals surface area contributed by atoms with Gasteiger partial charge in [0.2, 0.25) is 0 Å². The molecule has 1 saturated heterocycles. The van der Waals surface area contributed by atoms with Crippen molar-refractivity contribution >= 4 is 5.91 Å². The van der Waals surface area contributed by atoms with E-state index in [-0.39, 0.29) is 11.5 Å². The van der Waals surface area contributed by atoms with Crippen LogP contribution in [0.3, 0.4) is 0 Å². The number of nitrogens with one attached hydrogen (secondary N) is 3. The molecule has 1 fully saturated rings. The van der Waals surface area contributed by atoms with Gasteiger partial charge in [0.25, 0.3) is 5.91 Å². The maximum atomic E-state index is 12.1. The van der Waals surface area contributed by atoms with E-state index in [2.05, 4.69) is 20.9 Å². The molecular formula is C18H25N5O2. The van der Waals surface area contributed by atoms with E-state index in [1.54, 1.807) is 7.11 Å². The van der Waals surface area contributed by atoms with E-state index in [4.69, 9.17) is 4.74 Å². The molecule has 7 nitrogen and oxygen atoms in total. The van der Waals surface area contributed by atoms with Crippen molar-refractivity contribution in [2.24, 2.45) is 0 Å². The van der Waals surface area contributed by atoms with Gasteiger partial charge in [-0.1, -0.05) is 18.2 Å². The van der Waals surface area contributed by atoms with E-state index in [1.165, 1.54) is 6.20 Å². The smallest absolute Gasteiger partial charge is 0.263 e. The fraction of sp³-hybridized carbons (Fsp3) is 0.444. The number of nitriles is 1. The Bertz CT molecular complexity index is 633. The van der Waals surface area contributed by atoms with Crippen LogP contribution in [0.15, 0.2) is 36.0 Å². The average Bonchev–Trinajstić information content (AvgIpc) is 2.66. The van der Waals surface area contributed by atoms with Gasteiger partial charge in [-0.3, -0.25) is 9.69 Å². The quantitative estimate of drug-likeness (QED) is 0.462. The van der Waals surface area contributed by atoms with E-state index >= 15 is 0 Å². The Balaban J connectivity index is 1.78. The van der Waals surface area contributed by atoms with Crippen molar-refractivity contribution in [3.63, 3.8) is 0 Å². The van der Waals surface area contributed by atoms with E-state index in [0.29, 0.717) is 13.1 Å². The van der Waals surface area contributed by atoms with Gasteiger partial charge in [0.1, 0.15) is 17.4 Å². The van der Waals surface area contributed by atoms with E-state index in [1.807, 2.05) is 30.3 Å². The van der Waals surface area contributed by atoms with Crippen LogP contribution in [-0.2, 0) is 11.3 Å². The fourth-order valence-corrected chi connectivity index (χ4v) is 2.62. The molecular weight excluding hydrogens is 318 g/mol. The molecule has 1 aliphatic heterocycles. The molecule has 7 heteroatoms. The first kappa shape index (κ1) is 18.8. The molecule has 3 N–H and O–H groups in total. The number of carbonyl (C=O) groups is 1. The number of nitrogens with zero attached hydrogens (tertiary/aromatic N) is 2. The first-order chi connectivity index (χ1) is 12.2. The molecule has 2 rings (SSSR count). The summed E-state index contributed by atoms with van der Waals surface area (Å²) in [6.07, 6.45) is 1.45. The van der Waals surface area contributed by atoms with Gasteiger partial charge >= 0.3 is 0 Å². The van der Waals surface area contributed by atoms with Crippen molar-refractivity contribution in [3.8, 4) is 11.8 Å². The zero-order chi connectivity index (χ0) is 17.9. The average molecular weight is 343 g/mol. The number of rotatable bonds is 8. The molecule has 0 aromatic heterocycles. The van der Waals surface area contributed by atoms with Gasteiger partial charge < -0.3 is 20.7 Å². The number of ether oxygens (including phenoxy) is 1. The van der Waals surface area contributed by atoms with Crippen LogP contribution in [0.5, 0.6) is 5.75 Å². The molecule has 0 unspecified atom stereocenters. The number of para-hydroxylation sites is 1. The molecule has 1 amide bonds. The Morgan fingerprint density at radius 3 is 2.88 bits per heavy atom. The number of hydrogen-bond donors (Lipinski definition) is 3. The fourth-order valence-electron chi connectivity index (χ4n) is 2.62. The summed E-state index contributed by atoms with van der Waals surface area (Å²) in [5, 5.41) is 18.3. The van der Waals surface area contributed by atoms with Crippen LogP contribution in [0.2, 0.25) is 0 Å². The summed E-state index contributed by atoms with van der Waals surface area (Å²) < 4.78 is 5.27. The highest BCUT2D eigenvalue weighted by molar-refractivity contribution is 5.97. The minimum absolute atomic E-state index is 0.0650. The number of piperazine rings is 1. The Hall–Kier alpha value is -2.56. The SMILES string of the molecule is COc1ccccc1CN/C=C(/C#N)C(=O)NCCN1CCNCC1. The number of benzene rings is 1. The second kappa shape index (κ2) is 10.3. The molecule has 1 aromatic rings. The summed E-state index contributed by atoms with van der Waals surface area (Å²) in [4.78, 5) is 14.4. The Labute approximate surface area is 148 Å². The van der Waals surface area contributed by atoms with Gasteiger partial charge in [-0.2, -0.15) is 5.26 Å².